The molecule has 104 valence electrons. The molecule has 2 rings (SSSR count). The largest absolute Gasteiger partial charge is 0.479 e. The van der Waals surface area contributed by atoms with Gasteiger partial charge in [0.2, 0.25) is 0 Å². The predicted molar refractivity (Wildman–Crippen MR) is 74.8 cm³/mol. The Balaban J connectivity index is 2.32. The number of ether oxygens (including phenoxy) is 1. The lowest BCUT2D eigenvalue weighted by Crippen LogP contribution is -2.46. The first-order chi connectivity index (χ1) is 9.17. The Morgan fingerprint density at radius 2 is 2.00 bits per heavy atom. The Morgan fingerprint density at radius 1 is 1.37 bits per heavy atom. The van der Waals surface area contributed by atoms with E-state index in [1.165, 1.54) is 16.8 Å². The van der Waals surface area contributed by atoms with E-state index >= 15 is 0 Å². The van der Waals surface area contributed by atoms with Gasteiger partial charge in [-0.1, -0.05) is 32.0 Å². The molecule has 1 unspecified atom stereocenters. The van der Waals surface area contributed by atoms with Crippen molar-refractivity contribution in [3.8, 4) is 0 Å². The molecular formula is C15H21NO3. The summed E-state index contributed by atoms with van der Waals surface area (Å²) in [6.07, 6.45) is 1.19. The minimum absolute atomic E-state index is 0.430. The summed E-state index contributed by atoms with van der Waals surface area (Å²) < 4.78 is 5.30. The molecule has 4 heteroatoms. The number of para-hydroxylation sites is 1. The summed E-state index contributed by atoms with van der Waals surface area (Å²) in [5.74, 6) is -0.878. The summed E-state index contributed by atoms with van der Waals surface area (Å²) in [5, 5.41) is 9.10. The molecular weight excluding hydrogens is 242 g/mol. The van der Waals surface area contributed by atoms with Crippen molar-refractivity contribution in [3.05, 3.63) is 29.3 Å². The number of morpholine rings is 1. The van der Waals surface area contributed by atoms with Gasteiger partial charge in [-0.25, -0.2) is 4.79 Å². The van der Waals surface area contributed by atoms with Crippen LogP contribution in [0.2, 0.25) is 0 Å². The van der Waals surface area contributed by atoms with Crippen LogP contribution in [0.25, 0.3) is 0 Å². The third-order valence-corrected chi connectivity index (χ3v) is 3.62. The maximum Gasteiger partial charge on any atom is 0.334 e. The number of hydrogen-bond donors (Lipinski definition) is 1. The zero-order chi connectivity index (χ0) is 13.8. The number of benzene rings is 1. The summed E-state index contributed by atoms with van der Waals surface area (Å²) >= 11 is 0. The van der Waals surface area contributed by atoms with E-state index < -0.39 is 12.1 Å². The monoisotopic (exact) mass is 263 g/mol. The first kappa shape index (κ1) is 13.9. The van der Waals surface area contributed by atoms with Gasteiger partial charge in [0, 0.05) is 12.2 Å². The fourth-order valence-corrected chi connectivity index (χ4v) is 2.62. The molecule has 1 saturated heterocycles. The standard InChI is InChI=1S/C15H21NO3/c1-3-11-6-5-7-12(4-2)14(11)16-8-9-19-13(10-16)15(17)18/h5-7,13H,3-4,8-10H2,1-2H3,(H,17,18). The third-order valence-electron chi connectivity index (χ3n) is 3.62. The highest BCUT2D eigenvalue weighted by atomic mass is 16.5. The summed E-state index contributed by atoms with van der Waals surface area (Å²) in [4.78, 5) is 13.3. The molecule has 19 heavy (non-hydrogen) atoms. The summed E-state index contributed by atoms with van der Waals surface area (Å²) in [5.41, 5.74) is 3.78. The molecule has 1 aromatic carbocycles. The minimum atomic E-state index is -0.878. The molecule has 0 bridgehead atoms. The van der Waals surface area contributed by atoms with Gasteiger partial charge in [-0.05, 0) is 24.0 Å². The number of nitrogens with zero attached hydrogens (tertiary/aromatic N) is 1. The number of aryl methyl sites for hydroxylation is 2. The van der Waals surface area contributed by atoms with Gasteiger partial charge in [0.05, 0.1) is 13.2 Å². The molecule has 0 amide bonds. The van der Waals surface area contributed by atoms with Crippen molar-refractivity contribution in [2.75, 3.05) is 24.6 Å². The number of carboxylic acid groups (broad SMARTS) is 1. The van der Waals surface area contributed by atoms with Crippen LogP contribution >= 0.6 is 0 Å². The molecule has 0 aromatic heterocycles. The topological polar surface area (TPSA) is 49.8 Å². The fraction of sp³-hybridized carbons (Fsp3) is 0.533. The number of anilines is 1. The quantitative estimate of drug-likeness (QED) is 0.904. The van der Waals surface area contributed by atoms with E-state index in [1.54, 1.807) is 0 Å². The van der Waals surface area contributed by atoms with Crippen molar-refractivity contribution in [2.24, 2.45) is 0 Å². The van der Waals surface area contributed by atoms with Gasteiger partial charge >= 0.3 is 5.97 Å². The van der Waals surface area contributed by atoms with Crippen LogP contribution in [0.1, 0.15) is 25.0 Å². The van der Waals surface area contributed by atoms with Gasteiger partial charge in [0.25, 0.3) is 0 Å². The van der Waals surface area contributed by atoms with Crippen LogP contribution in [0.15, 0.2) is 18.2 Å². The van der Waals surface area contributed by atoms with Crippen LogP contribution in [0.5, 0.6) is 0 Å². The molecule has 1 aliphatic heterocycles. The number of hydrogen-bond acceptors (Lipinski definition) is 3. The first-order valence-electron chi connectivity index (χ1n) is 6.87. The summed E-state index contributed by atoms with van der Waals surface area (Å²) in [6.45, 7) is 5.92. The normalized spacial score (nSPS) is 19.5. The molecule has 1 heterocycles. The van der Waals surface area contributed by atoms with Crippen LogP contribution in [0.4, 0.5) is 5.69 Å². The molecule has 1 atom stereocenters. The zero-order valence-electron chi connectivity index (χ0n) is 11.6. The molecule has 1 fully saturated rings. The van der Waals surface area contributed by atoms with Crippen LogP contribution < -0.4 is 4.90 Å². The average Bonchev–Trinajstić information content (AvgIpc) is 2.46. The van der Waals surface area contributed by atoms with Crippen LogP contribution in [0.3, 0.4) is 0 Å². The Kier molecular flexibility index (Phi) is 4.43. The molecule has 1 aromatic rings. The first-order valence-corrected chi connectivity index (χ1v) is 6.87. The molecule has 1 N–H and O–H groups in total. The lowest BCUT2D eigenvalue weighted by atomic mass is 10.0. The van der Waals surface area contributed by atoms with Crippen molar-refractivity contribution in [3.63, 3.8) is 0 Å². The van der Waals surface area contributed by atoms with Gasteiger partial charge in [-0.3, -0.25) is 0 Å². The average molecular weight is 263 g/mol. The maximum atomic E-state index is 11.1. The van der Waals surface area contributed by atoms with Crippen molar-refractivity contribution in [2.45, 2.75) is 32.8 Å². The van der Waals surface area contributed by atoms with Crippen molar-refractivity contribution in [1.29, 1.82) is 0 Å². The Bertz CT molecular complexity index is 436. The number of carboxylic acids is 1. The molecule has 0 spiro atoms. The van der Waals surface area contributed by atoms with Gasteiger partial charge in [0.15, 0.2) is 6.10 Å². The maximum absolute atomic E-state index is 11.1. The van der Waals surface area contributed by atoms with E-state index in [9.17, 15) is 4.79 Å². The number of aliphatic carboxylic acids is 1. The molecule has 0 saturated carbocycles. The Morgan fingerprint density at radius 3 is 2.53 bits per heavy atom. The van der Waals surface area contributed by atoms with Crippen LogP contribution in [0, 0.1) is 0 Å². The van der Waals surface area contributed by atoms with Gasteiger partial charge in [0.1, 0.15) is 0 Å². The predicted octanol–water partition coefficient (Wildman–Crippen LogP) is 2.10. The second-order valence-electron chi connectivity index (χ2n) is 4.78. The highest BCUT2D eigenvalue weighted by Crippen LogP contribution is 2.28. The lowest BCUT2D eigenvalue weighted by molar-refractivity contribution is -0.150. The number of carbonyl (C=O) groups is 1. The highest BCUT2D eigenvalue weighted by molar-refractivity contribution is 5.74. The van der Waals surface area contributed by atoms with Crippen LogP contribution in [-0.4, -0.2) is 36.9 Å². The highest BCUT2D eigenvalue weighted by Gasteiger charge is 2.28. The molecule has 0 radical (unpaired) electrons. The van der Waals surface area contributed by atoms with Crippen molar-refractivity contribution >= 4 is 11.7 Å². The number of rotatable bonds is 4. The zero-order valence-corrected chi connectivity index (χ0v) is 11.6. The van der Waals surface area contributed by atoms with Crippen LogP contribution in [-0.2, 0) is 22.4 Å². The van der Waals surface area contributed by atoms with E-state index in [1.807, 2.05) is 0 Å². The third kappa shape index (κ3) is 2.89. The summed E-state index contributed by atoms with van der Waals surface area (Å²) in [6, 6.07) is 6.33. The van der Waals surface area contributed by atoms with Gasteiger partial charge < -0.3 is 14.7 Å². The molecule has 4 nitrogen and oxygen atoms in total. The lowest BCUT2D eigenvalue weighted by Gasteiger charge is -2.35. The fourth-order valence-electron chi connectivity index (χ4n) is 2.62. The Hall–Kier alpha value is -1.55. The molecule has 0 aliphatic carbocycles. The SMILES string of the molecule is CCc1cccc(CC)c1N1CCOC(C(=O)O)C1. The minimum Gasteiger partial charge on any atom is -0.479 e. The smallest absolute Gasteiger partial charge is 0.334 e. The van der Waals surface area contributed by atoms with E-state index in [-0.39, 0.29) is 0 Å². The van der Waals surface area contributed by atoms with Gasteiger partial charge in [-0.15, -0.1) is 0 Å². The molecule has 1 aliphatic rings. The Labute approximate surface area is 114 Å². The second-order valence-corrected chi connectivity index (χ2v) is 4.78. The van der Waals surface area contributed by atoms with Crippen molar-refractivity contribution in [1.82, 2.24) is 0 Å². The van der Waals surface area contributed by atoms with E-state index in [0.29, 0.717) is 13.2 Å². The van der Waals surface area contributed by atoms with E-state index in [4.69, 9.17) is 9.84 Å². The van der Waals surface area contributed by atoms with E-state index in [2.05, 4.69) is 36.9 Å². The van der Waals surface area contributed by atoms with Gasteiger partial charge in [-0.2, -0.15) is 0 Å². The van der Waals surface area contributed by atoms with Crippen molar-refractivity contribution < 1.29 is 14.6 Å². The summed E-state index contributed by atoms with van der Waals surface area (Å²) in [7, 11) is 0. The second kappa shape index (κ2) is 6.06. The van der Waals surface area contributed by atoms with E-state index in [0.717, 1.165) is 19.4 Å².